The maximum atomic E-state index is 11.3. The maximum absolute atomic E-state index is 11.3. The molecule has 0 rings (SSSR count). The summed E-state index contributed by atoms with van der Waals surface area (Å²) in [5, 5.41) is 1.78. The first-order valence-corrected chi connectivity index (χ1v) is 7.88. The molecular formula is C7H17ClN3OPS. The summed E-state index contributed by atoms with van der Waals surface area (Å²) in [7, 11) is 0. The molecule has 4 nitrogen and oxygen atoms in total. The number of hydrogen-bond acceptors (Lipinski definition) is 2. The largest absolute Gasteiger partial charge is 0.304 e. The lowest BCUT2D eigenvalue weighted by Gasteiger charge is -2.15. The van der Waals surface area contributed by atoms with Gasteiger partial charge in [-0.1, -0.05) is 26.2 Å². The van der Waals surface area contributed by atoms with Crippen molar-refractivity contribution < 1.29 is 4.79 Å². The van der Waals surface area contributed by atoms with E-state index in [1.165, 1.54) is 0 Å². The fourth-order valence-electron chi connectivity index (χ4n) is 0.947. The summed E-state index contributed by atoms with van der Waals surface area (Å²) in [5.41, 5.74) is 10.7. The monoisotopic (exact) mass is 257 g/mol. The van der Waals surface area contributed by atoms with E-state index in [1.54, 1.807) is 0 Å². The second kappa shape index (κ2) is 6.75. The van der Waals surface area contributed by atoms with Crippen LogP contribution in [0.3, 0.4) is 0 Å². The van der Waals surface area contributed by atoms with Crippen molar-refractivity contribution in [1.82, 2.24) is 5.09 Å². The summed E-state index contributed by atoms with van der Waals surface area (Å²) in [6.07, 6.45) is 3.72. The van der Waals surface area contributed by atoms with Gasteiger partial charge in [-0.15, -0.1) is 11.6 Å². The van der Waals surface area contributed by atoms with E-state index in [2.05, 4.69) is 12.0 Å². The van der Waals surface area contributed by atoms with Crippen LogP contribution in [-0.2, 0) is 16.6 Å². The number of carbonyl (C=O) groups is 1. The number of halogens is 1. The molecule has 1 atom stereocenters. The van der Waals surface area contributed by atoms with E-state index in [1.807, 2.05) is 0 Å². The van der Waals surface area contributed by atoms with E-state index in [0.29, 0.717) is 6.42 Å². The van der Waals surface area contributed by atoms with Gasteiger partial charge in [0.15, 0.2) is 6.49 Å². The average Bonchev–Trinajstić information content (AvgIpc) is 2.01. The zero-order valence-electron chi connectivity index (χ0n) is 8.20. The van der Waals surface area contributed by atoms with Crippen molar-refractivity contribution in [3.63, 3.8) is 0 Å². The van der Waals surface area contributed by atoms with Gasteiger partial charge >= 0.3 is 0 Å². The lowest BCUT2D eigenvalue weighted by atomic mass is 10.1. The molecule has 0 aliphatic rings. The summed E-state index contributed by atoms with van der Waals surface area (Å²) in [4.78, 5) is 11.3. The highest BCUT2D eigenvalue weighted by Crippen LogP contribution is 2.20. The molecule has 0 aliphatic heterocycles. The molecule has 0 radical (unpaired) electrons. The topological polar surface area (TPSA) is 81.1 Å². The van der Waals surface area contributed by atoms with Crippen molar-refractivity contribution in [2.24, 2.45) is 11.0 Å². The number of alkyl halides is 1. The van der Waals surface area contributed by atoms with E-state index < -0.39 is 11.9 Å². The average molecular weight is 258 g/mol. The van der Waals surface area contributed by atoms with Crippen LogP contribution in [0.4, 0.5) is 0 Å². The summed E-state index contributed by atoms with van der Waals surface area (Å²) in [5.74, 6) is -0.351. The van der Waals surface area contributed by atoms with Crippen LogP contribution in [0.15, 0.2) is 0 Å². The van der Waals surface area contributed by atoms with Gasteiger partial charge in [-0.3, -0.25) is 15.8 Å². The van der Waals surface area contributed by atoms with Gasteiger partial charge in [0.05, 0.1) is 0 Å². The van der Waals surface area contributed by atoms with Crippen molar-refractivity contribution >= 4 is 35.8 Å². The number of nitrogens with two attached hydrogens (primary N) is 2. The highest BCUT2D eigenvalue weighted by atomic mass is 35.5. The lowest BCUT2D eigenvalue weighted by Crippen LogP contribution is -2.34. The Morgan fingerprint density at radius 1 is 1.57 bits per heavy atom. The van der Waals surface area contributed by atoms with E-state index in [0.717, 1.165) is 19.3 Å². The van der Waals surface area contributed by atoms with Crippen molar-refractivity contribution in [3.05, 3.63) is 0 Å². The van der Waals surface area contributed by atoms with Gasteiger partial charge in [0.2, 0.25) is 5.91 Å². The third kappa shape index (κ3) is 7.71. The standard InChI is InChI=1S/C7H17ClN3OPS/c1-2-3-4-5-6(8)7(12)11-13(9,10)14/h6H,2-5H2,1H3,(H5,9,10,11,12,14). The number of unbranched alkanes of at least 4 members (excludes halogenated alkanes) is 2. The van der Waals surface area contributed by atoms with Crippen molar-refractivity contribution in [2.75, 3.05) is 0 Å². The Bertz CT molecular complexity index is 233. The molecule has 1 unspecified atom stereocenters. The lowest BCUT2D eigenvalue weighted by molar-refractivity contribution is -0.119. The maximum Gasteiger partial charge on any atom is 0.243 e. The molecule has 0 saturated heterocycles. The zero-order valence-corrected chi connectivity index (χ0v) is 10.7. The minimum atomic E-state index is -2.67. The predicted octanol–water partition coefficient (Wildman–Crippen LogP) is 1.43. The number of hydrogen-bond donors (Lipinski definition) is 3. The van der Waals surface area contributed by atoms with Crippen LogP contribution in [-0.4, -0.2) is 11.3 Å². The van der Waals surface area contributed by atoms with Crippen LogP contribution in [0.5, 0.6) is 0 Å². The molecule has 14 heavy (non-hydrogen) atoms. The quantitative estimate of drug-likeness (QED) is 0.382. The third-order valence-electron chi connectivity index (χ3n) is 1.63. The molecule has 7 heteroatoms. The molecule has 0 heterocycles. The first kappa shape index (κ1) is 14.3. The minimum Gasteiger partial charge on any atom is -0.304 e. The van der Waals surface area contributed by atoms with Gasteiger partial charge in [0, 0.05) is 0 Å². The molecule has 0 fully saturated rings. The molecule has 0 aromatic heterocycles. The van der Waals surface area contributed by atoms with E-state index >= 15 is 0 Å². The van der Waals surface area contributed by atoms with Crippen LogP contribution >= 0.6 is 18.1 Å². The number of carbonyl (C=O) groups excluding carboxylic acids is 1. The summed E-state index contributed by atoms with van der Waals surface area (Å²) >= 11 is 10.5. The van der Waals surface area contributed by atoms with Crippen molar-refractivity contribution in [1.29, 1.82) is 0 Å². The predicted molar refractivity (Wildman–Crippen MR) is 64.6 cm³/mol. The number of amides is 1. The normalized spacial score (nSPS) is 13.7. The van der Waals surface area contributed by atoms with Gasteiger partial charge < -0.3 is 5.09 Å². The van der Waals surface area contributed by atoms with E-state index in [4.69, 9.17) is 34.4 Å². The summed E-state index contributed by atoms with van der Waals surface area (Å²) in [6.45, 7) is -0.579. The Labute approximate surface area is 94.9 Å². The van der Waals surface area contributed by atoms with Crippen molar-refractivity contribution in [2.45, 2.75) is 38.0 Å². The molecule has 0 aliphatic carbocycles. The molecule has 1 amide bonds. The molecular weight excluding hydrogens is 241 g/mol. The molecule has 84 valence electrons. The first-order valence-electron chi connectivity index (χ1n) is 4.50. The molecule has 0 spiro atoms. The molecule has 0 aromatic rings. The van der Waals surface area contributed by atoms with Gasteiger partial charge in [0.1, 0.15) is 5.38 Å². The Morgan fingerprint density at radius 2 is 2.14 bits per heavy atom. The highest BCUT2D eigenvalue weighted by molar-refractivity contribution is 8.11. The summed E-state index contributed by atoms with van der Waals surface area (Å²) in [6, 6.07) is 0. The number of nitrogens with one attached hydrogen (secondary N) is 1. The van der Waals surface area contributed by atoms with Crippen LogP contribution in [0, 0.1) is 0 Å². The van der Waals surface area contributed by atoms with Gasteiger partial charge in [-0.05, 0) is 18.2 Å². The van der Waals surface area contributed by atoms with E-state index in [9.17, 15) is 4.79 Å². The minimum absolute atomic E-state index is 0.351. The van der Waals surface area contributed by atoms with Crippen LogP contribution < -0.4 is 16.1 Å². The molecule has 5 N–H and O–H groups in total. The Balaban J connectivity index is 3.82. The fraction of sp³-hybridized carbons (Fsp3) is 0.857. The van der Waals surface area contributed by atoms with Gasteiger partial charge in [-0.25, -0.2) is 0 Å². The number of rotatable bonds is 6. The smallest absolute Gasteiger partial charge is 0.243 e. The first-order chi connectivity index (χ1) is 6.37. The second-order valence-electron chi connectivity index (χ2n) is 3.15. The summed E-state index contributed by atoms with van der Waals surface area (Å²) < 4.78 is 0. The van der Waals surface area contributed by atoms with Crippen LogP contribution in [0.1, 0.15) is 32.6 Å². The molecule has 0 saturated carbocycles. The fourth-order valence-corrected chi connectivity index (χ4v) is 2.00. The highest BCUT2D eigenvalue weighted by Gasteiger charge is 2.17. The van der Waals surface area contributed by atoms with Gasteiger partial charge in [-0.2, -0.15) is 0 Å². The molecule has 0 aromatic carbocycles. The zero-order chi connectivity index (χ0) is 11.2. The van der Waals surface area contributed by atoms with Crippen molar-refractivity contribution in [3.8, 4) is 0 Å². The SMILES string of the molecule is CCCCCC(Cl)C(=O)NP(N)(N)=S. The Hall–Kier alpha value is 0.330. The second-order valence-corrected chi connectivity index (χ2v) is 7.13. The Morgan fingerprint density at radius 3 is 2.57 bits per heavy atom. The Kier molecular flexibility index (Phi) is 6.91. The van der Waals surface area contributed by atoms with Gasteiger partial charge in [0.25, 0.3) is 0 Å². The van der Waals surface area contributed by atoms with E-state index in [-0.39, 0.29) is 5.91 Å². The van der Waals surface area contributed by atoms with Crippen LogP contribution in [0.2, 0.25) is 0 Å². The molecule has 0 bridgehead atoms. The van der Waals surface area contributed by atoms with Crippen LogP contribution in [0.25, 0.3) is 0 Å². The third-order valence-corrected chi connectivity index (χ3v) is 2.89.